The molecule has 0 saturated carbocycles. The average Bonchev–Trinajstić information content (AvgIpc) is 2.41. The smallest absolute Gasteiger partial charge is 0.0990 e. The summed E-state index contributed by atoms with van der Waals surface area (Å²) in [5.74, 6) is 1.00. The first-order chi connectivity index (χ1) is 8.77. The molecule has 0 spiro atoms. The standard InChI is InChI=1S/C15H16N2S/c16-15(17)14(12-7-3-1-4-8-12)11-18-13-9-5-2-6-10-13/h1-10,14H,11H2,(H3,16,17). The predicted octanol–water partition coefficient (Wildman–Crippen LogP) is 3.50. The number of hydrogen-bond acceptors (Lipinski definition) is 2. The molecular formula is C15H16N2S. The van der Waals surface area contributed by atoms with E-state index in [4.69, 9.17) is 11.1 Å². The quantitative estimate of drug-likeness (QED) is 0.488. The van der Waals surface area contributed by atoms with Gasteiger partial charge in [0.25, 0.3) is 0 Å². The molecule has 18 heavy (non-hydrogen) atoms. The largest absolute Gasteiger partial charge is 0.387 e. The van der Waals surface area contributed by atoms with Crippen LogP contribution in [0.3, 0.4) is 0 Å². The average molecular weight is 256 g/mol. The van der Waals surface area contributed by atoms with Gasteiger partial charge in [0, 0.05) is 10.6 Å². The Labute approximate surface area is 112 Å². The van der Waals surface area contributed by atoms with Crippen LogP contribution >= 0.6 is 11.8 Å². The SMILES string of the molecule is N=C(N)C(CSc1ccccc1)c1ccccc1. The molecule has 1 unspecified atom stereocenters. The molecule has 0 fully saturated rings. The molecule has 2 aromatic carbocycles. The van der Waals surface area contributed by atoms with Crippen LogP contribution < -0.4 is 5.73 Å². The van der Waals surface area contributed by atoms with Crippen LogP contribution in [0.4, 0.5) is 0 Å². The summed E-state index contributed by atoms with van der Waals surface area (Å²) in [6.07, 6.45) is 0. The molecule has 0 bridgehead atoms. The number of amidine groups is 1. The number of rotatable bonds is 5. The van der Waals surface area contributed by atoms with E-state index >= 15 is 0 Å². The summed E-state index contributed by atoms with van der Waals surface area (Å²) in [7, 11) is 0. The zero-order chi connectivity index (χ0) is 12.8. The predicted molar refractivity (Wildman–Crippen MR) is 78.3 cm³/mol. The van der Waals surface area contributed by atoms with Crippen molar-refractivity contribution in [2.75, 3.05) is 5.75 Å². The topological polar surface area (TPSA) is 49.9 Å². The molecule has 2 nitrogen and oxygen atoms in total. The van der Waals surface area contributed by atoms with Crippen LogP contribution in [0.5, 0.6) is 0 Å². The highest BCUT2D eigenvalue weighted by molar-refractivity contribution is 7.99. The number of thioether (sulfide) groups is 1. The van der Waals surface area contributed by atoms with E-state index in [0.29, 0.717) is 0 Å². The Bertz CT molecular complexity index is 496. The van der Waals surface area contributed by atoms with Crippen molar-refractivity contribution in [3.63, 3.8) is 0 Å². The molecule has 0 radical (unpaired) electrons. The Morgan fingerprint density at radius 3 is 2.11 bits per heavy atom. The van der Waals surface area contributed by atoms with Gasteiger partial charge in [-0.3, -0.25) is 5.41 Å². The molecule has 2 rings (SSSR count). The van der Waals surface area contributed by atoms with Gasteiger partial charge in [-0.25, -0.2) is 0 Å². The van der Waals surface area contributed by atoms with Crippen molar-refractivity contribution in [2.24, 2.45) is 5.73 Å². The first-order valence-electron chi connectivity index (χ1n) is 5.84. The van der Waals surface area contributed by atoms with Gasteiger partial charge >= 0.3 is 0 Å². The van der Waals surface area contributed by atoms with Crippen molar-refractivity contribution in [3.05, 3.63) is 66.2 Å². The number of hydrogen-bond donors (Lipinski definition) is 2. The molecule has 1 atom stereocenters. The maximum absolute atomic E-state index is 7.72. The van der Waals surface area contributed by atoms with E-state index in [-0.39, 0.29) is 11.8 Å². The summed E-state index contributed by atoms with van der Waals surface area (Å²) in [5.41, 5.74) is 6.81. The fourth-order valence-electron chi connectivity index (χ4n) is 1.75. The minimum absolute atomic E-state index is 0.0172. The van der Waals surface area contributed by atoms with Gasteiger partial charge in [-0.15, -0.1) is 11.8 Å². The van der Waals surface area contributed by atoms with E-state index < -0.39 is 0 Å². The monoisotopic (exact) mass is 256 g/mol. The van der Waals surface area contributed by atoms with Gasteiger partial charge in [-0.2, -0.15) is 0 Å². The third-order valence-corrected chi connectivity index (χ3v) is 3.84. The Morgan fingerprint density at radius 2 is 1.56 bits per heavy atom. The van der Waals surface area contributed by atoms with E-state index in [1.165, 1.54) is 4.90 Å². The van der Waals surface area contributed by atoms with Gasteiger partial charge in [-0.1, -0.05) is 48.5 Å². The van der Waals surface area contributed by atoms with Crippen molar-refractivity contribution in [1.82, 2.24) is 0 Å². The van der Waals surface area contributed by atoms with Gasteiger partial charge in [0.2, 0.25) is 0 Å². The molecule has 0 aliphatic carbocycles. The lowest BCUT2D eigenvalue weighted by Crippen LogP contribution is -2.22. The molecule has 0 saturated heterocycles. The Kier molecular flexibility index (Phi) is 4.42. The van der Waals surface area contributed by atoms with Gasteiger partial charge in [0.15, 0.2) is 0 Å². The molecular weight excluding hydrogens is 240 g/mol. The highest BCUT2D eigenvalue weighted by atomic mass is 32.2. The maximum atomic E-state index is 7.72. The second-order valence-electron chi connectivity index (χ2n) is 4.04. The van der Waals surface area contributed by atoms with E-state index in [1.807, 2.05) is 48.5 Å². The molecule has 0 aliphatic rings. The fraction of sp³-hybridized carbons (Fsp3) is 0.133. The summed E-state index contributed by atoms with van der Waals surface area (Å²) in [5, 5.41) is 7.72. The zero-order valence-electron chi connectivity index (χ0n) is 10.0. The second kappa shape index (κ2) is 6.26. The maximum Gasteiger partial charge on any atom is 0.0990 e. The van der Waals surface area contributed by atoms with Crippen molar-refractivity contribution in [3.8, 4) is 0 Å². The molecule has 0 heterocycles. The zero-order valence-corrected chi connectivity index (χ0v) is 10.9. The summed E-state index contributed by atoms with van der Waals surface area (Å²) in [4.78, 5) is 1.21. The van der Waals surface area contributed by atoms with Crippen molar-refractivity contribution in [1.29, 1.82) is 5.41 Å². The van der Waals surface area contributed by atoms with Crippen LogP contribution in [0.2, 0.25) is 0 Å². The van der Waals surface area contributed by atoms with Crippen LogP contribution in [0.15, 0.2) is 65.6 Å². The Balaban J connectivity index is 2.06. The normalized spacial score (nSPS) is 12.0. The summed E-state index contributed by atoms with van der Waals surface area (Å²) < 4.78 is 0. The molecule has 3 N–H and O–H groups in total. The lowest BCUT2D eigenvalue weighted by Gasteiger charge is -2.15. The number of nitrogens with one attached hydrogen (secondary N) is 1. The third kappa shape index (κ3) is 3.37. The van der Waals surface area contributed by atoms with Gasteiger partial charge in [-0.05, 0) is 17.7 Å². The van der Waals surface area contributed by atoms with Crippen molar-refractivity contribution >= 4 is 17.6 Å². The van der Waals surface area contributed by atoms with E-state index in [1.54, 1.807) is 11.8 Å². The first kappa shape index (κ1) is 12.7. The Morgan fingerprint density at radius 1 is 1.00 bits per heavy atom. The highest BCUT2D eigenvalue weighted by Gasteiger charge is 2.14. The van der Waals surface area contributed by atoms with Crippen molar-refractivity contribution < 1.29 is 0 Å². The van der Waals surface area contributed by atoms with Crippen molar-refractivity contribution in [2.45, 2.75) is 10.8 Å². The second-order valence-corrected chi connectivity index (χ2v) is 5.14. The van der Waals surface area contributed by atoms with Gasteiger partial charge in [0.1, 0.15) is 0 Å². The minimum Gasteiger partial charge on any atom is -0.387 e. The fourth-order valence-corrected chi connectivity index (χ4v) is 2.83. The summed E-state index contributed by atoms with van der Waals surface area (Å²) >= 11 is 1.73. The highest BCUT2D eigenvalue weighted by Crippen LogP contribution is 2.25. The first-order valence-corrected chi connectivity index (χ1v) is 6.82. The number of benzene rings is 2. The van der Waals surface area contributed by atoms with Crippen LogP contribution in [-0.4, -0.2) is 11.6 Å². The third-order valence-electron chi connectivity index (χ3n) is 2.74. The van der Waals surface area contributed by atoms with Gasteiger partial charge in [0.05, 0.1) is 11.8 Å². The minimum atomic E-state index is -0.0172. The molecule has 3 heteroatoms. The van der Waals surface area contributed by atoms with Gasteiger partial charge < -0.3 is 5.73 Å². The lowest BCUT2D eigenvalue weighted by molar-refractivity contribution is 1.01. The molecule has 0 amide bonds. The molecule has 92 valence electrons. The van der Waals surface area contributed by atoms with E-state index in [9.17, 15) is 0 Å². The van der Waals surface area contributed by atoms with Crippen LogP contribution in [0.1, 0.15) is 11.5 Å². The van der Waals surface area contributed by atoms with E-state index in [2.05, 4.69) is 12.1 Å². The molecule has 0 aliphatic heterocycles. The molecule has 2 aromatic rings. The number of nitrogens with two attached hydrogens (primary N) is 1. The van der Waals surface area contributed by atoms with E-state index in [0.717, 1.165) is 11.3 Å². The van der Waals surface area contributed by atoms with Crippen LogP contribution in [-0.2, 0) is 0 Å². The summed E-state index contributed by atoms with van der Waals surface area (Å²) in [6, 6.07) is 20.2. The lowest BCUT2D eigenvalue weighted by atomic mass is 10.0. The van der Waals surface area contributed by atoms with Crippen LogP contribution in [0, 0.1) is 5.41 Å². The van der Waals surface area contributed by atoms with Crippen LogP contribution in [0.25, 0.3) is 0 Å². The Hall–Kier alpha value is -1.74. The molecule has 0 aromatic heterocycles. The summed E-state index contributed by atoms with van der Waals surface area (Å²) in [6.45, 7) is 0.